The number of ketones is 2. The number of hydrogen-bond donors (Lipinski definition) is 1. The Balaban J connectivity index is 1.44. The van der Waals surface area contributed by atoms with Gasteiger partial charge in [0.05, 0.1) is 17.3 Å². The summed E-state index contributed by atoms with van der Waals surface area (Å²) in [4.78, 5) is 60.0. The average Bonchev–Trinajstić information content (AvgIpc) is 3.36. The average molecular weight is 636 g/mol. The third-order valence-corrected chi connectivity index (χ3v) is 11.3. The molecule has 1 heterocycles. The molecule has 2 fully saturated rings. The number of imide groups is 1. The third kappa shape index (κ3) is 4.11. The van der Waals surface area contributed by atoms with Gasteiger partial charge in [-0.25, -0.2) is 0 Å². The normalized spacial score (nSPS) is 28.5. The van der Waals surface area contributed by atoms with Crippen LogP contribution in [0.25, 0.3) is 16.3 Å². The molecule has 8 rings (SSSR count). The Morgan fingerprint density at radius 3 is 2.08 bits per heavy atom. The second kappa shape index (κ2) is 10.7. The molecule has 0 unspecified atom stereocenters. The summed E-state index contributed by atoms with van der Waals surface area (Å²) in [6, 6.07) is 30.0. The van der Waals surface area contributed by atoms with Gasteiger partial charge in [-0.3, -0.25) is 24.1 Å². The highest BCUT2D eigenvalue weighted by atomic mass is 16.3. The standard InChI is InChI=1S/C42H37NO5/c1-41(2,3)43-39(47)30-19-18-29-32(36(30)40(43)48)22-33-38(46)31(24-12-6-4-7-13-24)23-35(45)42(33,25-14-8-5-9-15-25)37(29)28-20-21-34(44)27-17-11-10-16-26(27)28/h4-18,20-21,23,30,32-33,36-37,44H,19,22H2,1-3H3/t30-,32+,33-,36-,37-,42-/m0/s1. The Hall–Kier alpha value is -5.10. The number of aromatic hydroxyl groups is 1. The van der Waals surface area contributed by atoms with Crippen molar-refractivity contribution in [2.24, 2.45) is 23.7 Å². The minimum atomic E-state index is -1.32. The van der Waals surface area contributed by atoms with Crippen molar-refractivity contribution in [2.45, 2.75) is 50.5 Å². The Morgan fingerprint density at radius 1 is 0.750 bits per heavy atom. The van der Waals surface area contributed by atoms with Crippen LogP contribution in [-0.4, -0.2) is 38.9 Å². The first-order chi connectivity index (χ1) is 23.0. The van der Waals surface area contributed by atoms with Crippen LogP contribution >= 0.6 is 0 Å². The molecular weight excluding hydrogens is 598 g/mol. The fraction of sp³-hybridized carbons (Fsp3) is 0.286. The van der Waals surface area contributed by atoms with E-state index in [4.69, 9.17) is 0 Å². The lowest BCUT2D eigenvalue weighted by Gasteiger charge is -2.55. The van der Waals surface area contributed by atoms with Crippen LogP contribution in [0.3, 0.4) is 0 Å². The number of hydrogen-bond acceptors (Lipinski definition) is 5. The van der Waals surface area contributed by atoms with E-state index in [2.05, 4.69) is 6.08 Å². The summed E-state index contributed by atoms with van der Waals surface area (Å²) in [5.41, 5.74) is 1.51. The van der Waals surface area contributed by atoms with Gasteiger partial charge in [0.1, 0.15) is 5.75 Å². The summed E-state index contributed by atoms with van der Waals surface area (Å²) in [6.45, 7) is 5.63. The molecule has 0 bridgehead atoms. The van der Waals surface area contributed by atoms with Gasteiger partial charge in [0, 0.05) is 28.3 Å². The Morgan fingerprint density at radius 2 is 1.40 bits per heavy atom. The maximum Gasteiger partial charge on any atom is 0.234 e. The largest absolute Gasteiger partial charge is 0.507 e. The van der Waals surface area contributed by atoms with Crippen LogP contribution < -0.4 is 0 Å². The molecule has 0 spiro atoms. The fourth-order valence-electron chi connectivity index (χ4n) is 9.44. The van der Waals surface area contributed by atoms with Gasteiger partial charge in [-0.05, 0) is 73.7 Å². The van der Waals surface area contributed by atoms with Crippen LogP contribution in [0.4, 0.5) is 0 Å². The quantitative estimate of drug-likeness (QED) is 0.190. The van der Waals surface area contributed by atoms with E-state index in [0.29, 0.717) is 22.9 Å². The monoisotopic (exact) mass is 635 g/mol. The summed E-state index contributed by atoms with van der Waals surface area (Å²) in [5.74, 6) is -3.58. The lowest BCUT2D eigenvalue weighted by Crippen LogP contribution is -2.59. The molecule has 1 aliphatic heterocycles. The van der Waals surface area contributed by atoms with Crippen LogP contribution in [0.2, 0.25) is 0 Å². The van der Waals surface area contributed by atoms with Crippen LogP contribution in [0, 0.1) is 23.7 Å². The summed E-state index contributed by atoms with van der Waals surface area (Å²) in [5, 5.41) is 12.4. The zero-order chi connectivity index (χ0) is 33.5. The molecule has 4 aromatic rings. The van der Waals surface area contributed by atoms with E-state index in [0.717, 1.165) is 22.1 Å². The minimum absolute atomic E-state index is 0.124. The molecule has 3 aliphatic carbocycles. The maximum atomic E-state index is 15.2. The molecule has 1 saturated heterocycles. The molecular formula is C42H37NO5. The second-order valence-electron chi connectivity index (χ2n) is 14.7. The number of fused-ring (bicyclic) bond motifs is 5. The fourth-order valence-corrected chi connectivity index (χ4v) is 9.44. The maximum absolute atomic E-state index is 15.2. The summed E-state index contributed by atoms with van der Waals surface area (Å²) >= 11 is 0. The van der Waals surface area contributed by atoms with Gasteiger partial charge in [0.2, 0.25) is 11.8 Å². The molecule has 4 aliphatic rings. The molecule has 48 heavy (non-hydrogen) atoms. The van der Waals surface area contributed by atoms with E-state index in [-0.39, 0.29) is 35.6 Å². The van der Waals surface area contributed by atoms with E-state index in [1.54, 1.807) is 6.07 Å². The highest BCUT2D eigenvalue weighted by Crippen LogP contribution is 2.64. The van der Waals surface area contributed by atoms with Crippen LogP contribution in [0.15, 0.2) is 115 Å². The number of allylic oxidation sites excluding steroid dienone is 4. The molecule has 240 valence electrons. The molecule has 6 atom stereocenters. The zero-order valence-corrected chi connectivity index (χ0v) is 27.2. The van der Waals surface area contributed by atoms with Gasteiger partial charge < -0.3 is 5.11 Å². The van der Waals surface area contributed by atoms with E-state index in [1.807, 2.05) is 112 Å². The van der Waals surface area contributed by atoms with Crippen LogP contribution in [0.1, 0.15) is 56.2 Å². The van der Waals surface area contributed by atoms with Crippen molar-refractivity contribution in [3.05, 3.63) is 131 Å². The number of phenols is 1. The first-order valence-corrected chi connectivity index (χ1v) is 16.7. The topological polar surface area (TPSA) is 91.8 Å². The number of likely N-dealkylation sites (tertiary alicyclic amines) is 1. The van der Waals surface area contributed by atoms with Crippen LogP contribution in [-0.2, 0) is 24.6 Å². The minimum Gasteiger partial charge on any atom is -0.507 e. The number of amides is 2. The summed E-state index contributed by atoms with van der Waals surface area (Å²) in [7, 11) is 0. The number of rotatable bonds is 3. The van der Waals surface area contributed by atoms with E-state index in [9.17, 15) is 14.7 Å². The number of nitrogens with zero attached hydrogens (tertiary/aromatic N) is 1. The number of Topliss-reactive ketones (excluding diaryl/α,β-unsaturated/α-hetero) is 1. The third-order valence-electron chi connectivity index (χ3n) is 11.3. The highest BCUT2D eigenvalue weighted by Gasteiger charge is 2.66. The van der Waals surface area contributed by atoms with Gasteiger partial charge >= 0.3 is 0 Å². The van der Waals surface area contributed by atoms with Crippen molar-refractivity contribution >= 4 is 39.7 Å². The smallest absolute Gasteiger partial charge is 0.234 e. The predicted octanol–water partition coefficient (Wildman–Crippen LogP) is 7.17. The first-order valence-electron chi connectivity index (χ1n) is 16.7. The van der Waals surface area contributed by atoms with E-state index >= 15 is 9.59 Å². The van der Waals surface area contributed by atoms with Gasteiger partial charge in [0.15, 0.2) is 11.6 Å². The molecule has 4 aromatic carbocycles. The van der Waals surface area contributed by atoms with Crippen molar-refractivity contribution in [1.29, 1.82) is 0 Å². The Bertz CT molecular complexity index is 2090. The molecule has 0 aromatic heterocycles. The molecule has 6 nitrogen and oxygen atoms in total. The lowest BCUT2D eigenvalue weighted by molar-refractivity contribution is -0.145. The Labute approximate surface area is 279 Å². The molecule has 1 N–H and O–H groups in total. The second-order valence-corrected chi connectivity index (χ2v) is 14.7. The Kier molecular flexibility index (Phi) is 6.75. The van der Waals surface area contributed by atoms with E-state index in [1.165, 1.54) is 11.0 Å². The van der Waals surface area contributed by atoms with Crippen molar-refractivity contribution in [3.63, 3.8) is 0 Å². The van der Waals surface area contributed by atoms with Crippen molar-refractivity contribution in [1.82, 2.24) is 4.90 Å². The molecule has 1 saturated carbocycles. The highest BCUT2D eigenvalue weighted by molar-refractivity contribution is 6.31. The lowest BCUT2D eigenvalue weighted by atomic mass is 9.44. The summed E-state index contributed by atoms with van der Waals surface area (Å²) in [6.07, 6.45) is 4.27. The van der Waals surface area contributed by atoms with Crippen molar-refractivity contribution < 1.29 is 24.3 Å². The molecule has 2 amide bonds. The predicted molar refractivity (Wildman–Crippen MR) is 184 cm³/mol. The van der Waals surface area contributed by atoms with Gasteiger partial charge in [-0.15, -0.1) is 0 Å². The number of benzene rings is 4. The number of carbonyl (C=O) groups is 4. The van der Waals surface area contributed by atoms with E-state index < -0.39 is 40.5 Å². The zero-order valence-electron chi connectivity index (χ0n) is 27.2. The number of phenolic OH excluding ortho intramolecular Hbond substituents is 1. The first kappa shape index (κ1) is 30.2. The van der Waals surface area contributed by atoms with Crippen molar-refractivity contribution in [3.8, 4) is 5.75 Å². The van der Waals surface area contributed by atoms with Crippen LogP contribution in [0.5, 0.6) is 5.75 Å². The molecule has 6 heteroatoms. The molecule has 0 radical (unpaired) electrons. The van der Waals surface area contributed by atoms with Gasteiger partial charge in [-0.2, -0.15) is 0 Å². The SMILES string of the molecule is CC(C)(C)N1C(=O)[C@H]2[C@H](CC=C3[C@H]2C[C@H]2C(=O)C(c4ccccc4)=CC(=O)[C@@]2(c2ccccc2)[C@H]3c2ccc(O)c3ccccc23)C1=O. The van der Waals surface area contributed by atoms with Crippen molar-refractivity contribution in [2.75, 3.05) is 0 Å². The summed E-state index contributed by atoms with van der Waals surface area (Å²) < 4.78 is 0. The number of carbonyl (C=O) groups excluding carboxylic acids is 4. The van der Waals surface area contributed by atoms with Gasteiger partial charge in [-0.1, -0.05) is 103 Å². The van der Waals surface area contributed by atoms with Gasteiger partial charge in [0.25, 0.3) is 0 Å².